The van der Waals surface area contributed by atoms with Crippen LogP contribution in [0.2, 0.25) is 0 Å². The Kier molecular flexibility index (Phi) is 8.84. The Bertz CT molecular complexity index is 163. The number of aliphatic hydroxyl groups excluding tert-OH is 1. The molecule has 0 aliphatic rings. The van der Waals surface area contributed by atoms with Gasteiger partial charge in [0, 0.05) is 26.3 Å². The maximum atomic E-state index is 8.94. The lowest BCUT2D eigenvalue weighted by atomic mass is 9.89. The SMILES string of the molecule is COCC(CCCN)NCC(C)(C)CCO. The summed E-state index contributed by atoms with van der Waals surface area (Å²) in [4.78, 5) is 0. The molecule has 0 amide bonds. The largest absolute Gasteiger partial charge is 0.396 e. The summed E-state index contributed by atoms with van der Waals surface area (Å²) in [6.45, 7) is 6.89. The van der Waals surface area contributed by atoms with Gasteiger partial charge in [-0.15, -0.1) is 0 Å². The van der Waals surface area contributed by atoms with Crippen molar-refractivity contribution in [2.75, 3.05) is 33.4 Å². The van der Waals surface area contributed by atoms with Crippen LogP contribution in [0, 0.1) is 5.41 Å². The smallest absolute Gasteiger partial charge is 0.0615 e. The lowest BCUT2D eigenvalue weighted by molar-refractivity contribution is 0.147. The van der Waals surface area contributed by atoms with Crippen LogP contribution >= 0.6 is 0 Å². The van der Waals surface area contributed by atoms with E-state index in [-0.39, 0.29) is 12.0 Å². The Morgan fingerprint density at radius 3 is 2.62 bits per heavy atom. The van der Waals surface area contributed by atoms with Crippen LogP contribution in [0.1, 0.15) is 33.1 Å². The molecule has 0 aromatic rings. The lowest BCUT2D eigenvalue weighted by Gasteiger charge is -2.27. The monoisotopic (exact) mass is 232 g/mol. The average molecular weight is 232 g/mol. The molecule has 0 aromatic carbocycles. The molecule has 0 aliphatic heterocycles. The van der Waals surface area contributed by atoms with Crippen LogP contribution in [0.3, 0.4) is 0 Å². The molecule has 0 saturated carbocycles. The van der Waals surface area contributed by atoms with Gasteiger partial charge in [0.25, 0.3) is 0 Å². The molecule has 0 spiro atoms. The molecule has 4 N–H and O–H groups in total. The molecule has 98 valence electrons. The van der Waals surface area contributed by atoms with Gasteiger partial charge in [-0.25, -0.2) is 0 Å². The molecule has 4 nitrogen and oxygen atoms in total. The van der Waals surface area contributed by atoms with Gasteiger partial charge in [-0.05, 0) is 31.2 Å². The van der Waals surface area contributed by atoms with E-state index in [0.29, 0.717) is 6.04 Å². The molecule has 1 atom stereocenters. The fourth-order valence-corrected chi connectivity index (χ4v) is 1.62. The second kappa shape index (κ2) is 8.93. The predicted octanol–water partition coefficient (Wildman–Crippen LogP) is 0.739. The van der Waals surface area contributed by atoms with Gasteiger partial charge in [0.2, 0.25) is 0 Å². The van der Waals surface area contributed by atoms with Gasteiger partial charge in [0.1, 0.15) is 0 Å². The van der Waals surface area contributed by atoms with Crippen LogP contribution in [0.15, 0.2) is 0 Å². The van der Waals surface area contributed by atoms with E-state index in [2.05, 4.69) is 19.2 Å². The highest BCUT2D eigenvalue weighted by Gasteiger charge is 2.18. The van der Waals surface area contributed by atoms with E-state index in [1.165, 1.54) is 0 Å². The number of nitrogens with one attached hydrogen (secondary N) is 1. The summed E-state index contributed by atoms with van der Waals surface area (Å²) in [7, 11) is 1.72. The summed E-state index contributed by atoms with van der Waals surface area (Å²) in [6.07, 6.45) is 2.87. The van der Waals surface area contributed by atoms with E-state index in [9.17, 15) is 0 Å². The maximum absolute atomic E-state index is 8.94. The third kappa shape index (κ3) is 8.05. The molecule has 0 aromatic heterocycles. The zero-order valence-electron chi connectivity index (χ0n) is 11.0. The second-order valence-electron chi connectivity index (χ2n) is 5.10. The van der Waals surface area contributed by atoms with Crippen molar-refractivity contribution in [2.24, 2.45) is 11.1 Å². The molecule has 0 bridgehead atoms. The van der Waals surface area contributed by atoms with Crippen molar-refractivity contribution in [2.45, 2.75) is 39.2 Å². The molecule has 16 heavy (non-hydrogen) atoms. The van der Waals surface area contributed by atoms with Gasteiger partial charge < -0.3 is 20.9 Å². The maximum Gasteiger partial charge on any atom is 0.0615 e. The molecular formula is C12H28N2O2. The van der Waals surface area contributed by atoms with Gasteiger partial charge in [0.15, 0.2) is 0 Å². The van der Waals surface area contributed by atoms with Crippen LogP contribution in [-0.4, -0.2) is 44.6 Å². The van der Waals surface area contributed by atoms with Crippen molar-refractivity contribution >= 4 is 0 Å². The number of methoxy groups -OCH3 is 1. The van der Waals surface area contributed by atoms with Crippen molar-refractivity contribution in [3.8, 4) is 0 Å². The summed E-state index contributed by atoms with van der Waals surface area (Å²) in [5.74, 6) is 0. The van der Waals surface area contributed by atoms with Crippen LogP contribution in [0.5, 0.6) is 0 Å². The zero-order valence-corrected chi connectivity index (χ0v) is 11.0. The Hall–Kier alpha value is -0.160. The molecule has 0 aliphatic carbocycles. The van der Waals surface area contributed by atoms with Gasteiger partial charge in [0.05, 0.1) is 6.61 Å². The standard InChI is InChI=1S/C12H28N2O2/c1-12(2,6-8-15)10-14-11(9-16-3)5-4-7-13/h11,14-15H,4-10,13H2,1-3H3. The Morgan fingerprint density at radius 1 is 1.44 bits per heavy atom. The number of rotatable bonds is 10. The quantitative estimate of drug-likeness (QED) is 0.520. The lowest BCUT2D eigenvalue weighted by Crippen LogP contribution is -2.40. The van der Waals surface area contributed by atoms with Crippen molar-refractivity contribution in [3.63, 3.8) is 0 Å². The topological polar surface area (TPSA) is 67.5 Å². The van der Waals surface area contributed by atoms with Crippen molar-refractivity contribution in [3.05, 3.63) is 0 Å². The molecule has 0 rings (SSSR count). The summed E-state index contributed by atoms with van der Waals surface area (Å²) in [5.41, 5.74) is 5.63. The Balaban J connectivity index is 3.89. The van der Waals surface area contributed by atoms with Gasteiger partial charge in [-0.3, -0.25) is 0 Å². The molecule has 1 unspecified atom stereocenters. The molecule has 0 saturated heterocycles. The van der Waals surface area contributed by atoms with Gasteiger partial charge in [-0.2, -0.15) is 0 Å². The zero-order chi connectivity index (χ0) is 12.4. The minimum atomic E-state index is 0.128. The predicted molar refractivity (Wildman–Crippen MR) is 67.4 cm³/mol. The number of nitrogens with two attached hydrogens (primary N) is 1. The average Bonchev–Trinajstić information content (AvgIpc) is 2.22. The van der Waals surface area contributed by atoms with Crippen molar-refractivity contribution in [1.29, 1.82) is 0 Å². The Morgan fingerprint density at radius 2 is 2.12 bits per heavy atom. The fraction of sp³-hybridized carbons (Fsp3) is 1.00. The highest BCUT2D eigenvalue weighted by Crippen LogP contribution is 2.18. The van der Waals surface area contributed by atoms with E-state index >= 15 is 0 Å². The highest BCUT2D eigenvalue weighted by atomic mass is 16.5. The van der Waals surface area contributed by atoms with Gasteiger partial charge in [-0.1, -0.05) is 13.8 Å². The summed E-state index contributed by atoms with van der Waals surface area (Å²) >= 11 is 0. The van der Waals surface area contributed by atoms with E-state index in [0.717, 1.165) is 39.0 Å². The number of hydrogen-bond acceptors (Lipinski definition) is 4. The van der Waals surface area contributed by atoms with E-state index in [1.54, 1.807) is 7.11 Å². The first-order valence-corrected chi connectivity index (χ1v) is 6.09. The highest BCUT2D eigenvalue weighted by molar-refractivity contribution is 4.75. The molecular weight excluding hydrogens is 204 g/mol. The first-order valence-electron chi connectivity index (χ1n) is 6.09. The number of aliphatic hydroxyl groups is 1. The number of ether oxygens (including phenoxy) is 1. The van der Waals surface area contributed by atoms with Crippen LogP contribution in [0.25, 0.3) is 0 Å². The van der Waals surface area contributed by atoms with Crippen LogP contribution in [-0.2, 0) is 4.74 Å². The summed E-state index contributed by atoms with van der Waals surface area (Å²) in [6, 6.07) is 0.367. The molecule has 0 radical (unpaired) electrons. The normalized spacial score (nSPS) is 14.1. The summed E-state index contributed by atoms with van der Waals surface area (Å²) in [5, 5.41) is 12.4. The van der Waals surface area contributed by atoms with Crippen molar-refractivity contribution < 1.29 is 9.84 Å². The molecule has 0 fully saturated rings. The first-order chi connectivity index (χ1) is 7.55. The molecule has 0 heterocycles. The van der Waals surface area contributed by atoms with E-state index < -0.39 is 0 Å². The third-order valence-corrected chi connectivity index (χ3v) is 2.78. The molecule has 4 heteroatoms. The third-order valence-electron chi connectivity index (χ3n) is 2.78. The first kappa shape index (κ1) is 15.8. The van der Waals surface area contributed by atoms with Crippen LogP contribution in [0.4, 0.5) is 0 Å². The van der Waals surface area contributed by atoms with Crippen LogP contribution < -0.4 is 11.1 Å². The summed E-state index contributed by atoms with van der Waals surface area (Å²) < 4.78 is 5.17. The van der Waals surface area contributed by atoms with E-state index in [4.69, 9.17) is 15.6 Å². The van der Waals surface area contributed by atoms with Crippen molar-refractivity contribution in [1.82, 2.24) is 5.32 Å². The van der Waals surface area contributed by atoms with Gasteiger partial charge >= 0.3 is 0 Å². The minimum absolute atomic E-state index is 0.128. The van der Waals surface area contributed by atoms with E-state index in [1.807, 2.05) is 0 Å². The Labute approximate surface area is 99.6 Å². The second-order valence-corrected chi connectivity index (χ2v) is 5.10. The number of hydrogen-bond donors (Lipinski definition) is 3. The minimum Gasteiger partial charge on any atom is -0.396 e. The fourth-order valence-electron chi connectivity index (χ4n) is 1.62.